The van der Waals surface area contributed by atoms with E-state index in [-0.39, 0.29) is 17.2 Å². The van der Waals surface area contributed by atoms with Gasteiger partial charge in [-0.3, -0.25) is 14.2 Å². The van der Waals surface area contributed by atoms with Crippen LogP contribution in [0.4, 0.5) is 10.1 Å². The monoisotopic (exact) mass is 474 g/mol. The summed E-state index contributed by atoms with van der Waals surface area (Å²) in [5, 5.41) is 0.810. The van der Waals surface area contributed by atoms with Crippen LogP contribution >= 0.6 is 11.8 Å². The van der Waals surface area contributed by atoms with Gasteiger partial charge in [0.15, 0.2) is 5.16 Å². The van der Waals surface area contributed by atoms with Gasteiger partial charge in [0.25, 0.3) is 5.56 Å². The summed E-state index contributed by atoms with van der Waals surface area (Å²) < 4.78 is 15.3. The molecule has 6 nitrogen and oxygen atoms in total. The number of rotatable bonds is 5. The van der Waals surface area contributed by atoms with Crippen LogP contribution in [0.3, 0.4) is 0 Å². The van der Waals surface area contributed by atoms with Crippen molar-refractivity contribution >= 4 is 34.3 Å². The summed E-state index contributed by atoms with van der Waals surface area (Å²) in [5.74, 6) is -0.308. The molecule has 1 amide bonds. The molecule has 0 bridgehead atoms. The molecule has 0 atom stereocenters. The molecule has 0 spiro atoms. The van der Waals surface area contributed by atoms with Gasteiger partial charge in [0, 0.05) is 31.9 Å². The minimum absolute atomic E-state index is 0.00842. The van der Waals surface area contributed by atoms with Crippen LogP contribution in [-0.2, 0) is 4.79 Å². The number of nitrogens with zero attached hydrogens (tertiary/aromatic N) is 4. The molecule has 0 radical (unpaired) electrons. The van der Waals surface area contributed by atoms with Crippen LogP contribution in [-0.4, -0.2) is 52.3 Å². The first-order chi connectivity index (χ1) is 16.6. The molecular weight excluding hydrogens is 451 g/mol. The van der Waals surface area contributed by atoms with E-state index in [9.17, 15) is 14.0 Å². The Kier molecular flexibility index (Phi) is 6.31. The molecule has 34 heavy (non-hydrogen) atoms. The molecule has 0 unspecified atom stereocenters. The molecule has 1 saturated heterocycles. The highest BCUT2D eigenvalue weighted by molar-refractivity contribution is 7.99. The van der Waals surface area contributed by atoms with E-state index in [4.69, 9.17) is 0 Å². The molecule has 172 valence electrons. The quantitative estimate of drug-likeness (QED) is 0.324. The number of piperazine rings is 1. The van der Waals surface area contributed by atoms with Gasteiger partial charge in [0.2, 0.25) is 5.91 Å². The van der Waals surface area contributed by atoms with Crippen LogP contribution in [0.2, 0.25) is 0 Å². The number of anilines is 1. The number of fused-ring (bicyclic) bond motifs is 1. The van der Waals surface area contributed by atoms with Crippen LogP contribution in [0.1, 0.15) is 0 Å². The van der Waals surface area contributed by atoms with Crippen molar-refractivity contribution in [1.29, 1.82) is 0 Å². The summed E-state index contributed by atoms with van der Waals surface area (Å²) >= 11 is 1.20. The number of para-hydroxylation sites is 2. The first-order valence-corrected chi connectivity index (χ1v) is 12.1. The number of carbonyl (C=O) groups is 1. The standard InChI is InChI=1S/C26H23FN4O2S/c27-19-7-6-10-21(17-19)31-25(33)22-11-4-5-12-23(22)28-26(31)34-18-24(32)30-15-13-29(14-16-30)20-8-2-1-3-9-20/h1-12,17H,13-16,18H2. The molecule has 5 rings (SSSR count). The summed E-state index contributed by atoms with van der Waals surface area (Å²) in [6.45, 7) is 2.80. The summed E-state index contributed by atoms with van der Waals surface area (Å²) in [4.78, 5) is 35.0. The fraction of sp³-hybridized carbons (Fsp3) is 0.192. The fourth-order valence-corrected chi connectivity index (χ4v) is 5.04. The maximum Gasteiger partial charge on any atom is 0.266 e. The number of thioether (sulfide) groups is 1. The van der Waals surface area contributed by atoms with Crippen molar-refractivity contribution in [3.63, 3.8) is 0 Å². The molecule has 0 aliphatic carbocycles. The van der Waals surface area contributed by atoms with Crippen LogP contribution in [0.25, 0.3) is 16.6 Å². The predicted molar refractivity (Wildman–Crippen MR) is 133 cm³/mol. The minimum Gasteiger partial charge on any atom is -0.368 e. The van der Waals surface area contributed by atoms with Gasteiger partial charge in [-0.15, -0.1) is 0 Å². The van der Waals surface area contributed by atoms with E-state index in [0.717, 1.165) is 18.8 Å². The molecular formula is C26H23FN4O2S. The van der Waals surface area contributed by atoms with E-state index in [1.807, 2.05) is 29.2 Å². The van der Waals surface area contributed by atoms with Crippen molar-refractivity contribution < 1.29 is 9.18 Å². The first kappa shape index (κ1) is 22.2. The second kappa shape index (κ2) is 9.69. The number of carbonyl (C=O) groups excluding carboxylic acids is 1. The average Bonchev–Trinajstić information content (AvgIpc) is 2.88. The second-order valence-electron chi connectivity index (χ2n) is 8.02. The summed E-state index contributed by atoms with van der Waals surface area (Å²) in [7, 11) is 0. The van der Waals surface area contributed by atoms with Crippen molar-refractivity contribution in [2.24, 2.45) is 0 Å². The Hall–Kier alpha value is -3.65. The topological polar surface area (TPSA) is 58.4 Å². The molecule has 1 fully saturated rings. The Labute approximate surface area is 200 Å². The largest absolute Gasteiger partial charge is 0.368 e. The molecule has 1 aliphatic heterocycles. The van der Waals surface area contributed by atoms with E-state index in [1.165, 1.54) is 28.5 Å². The lowest BCUT2D eigenvalue weighted by molar-refractivity contribution is -0.128. The average molecular weight is 475 g/mol. The van der Waals surface area contributed by atoms with Gasteiger partial charge in [-0.05, 0) is 42.5 Å². The lowest BCUT2D eigenvalue weighted by Crippen LogP contribution is -2.49. The third-order valence-electron chi connectivity index (χ3n) is 5.89. The van der Waals surface area contributed by atoms with E-state index < -0.39 is 5.82 Å². The Bertz CT molecular complexity index is 1380. The van der Waals surface area contributed by atoms with Crippen LogP contribution in [0.5, 0.6) is 0 Å². The van der Waals surface area contributed by atoms with Gasteiger partial charge in [-0.25, -0.2) is 9.37 Å². The molecule has 1 aliphatic rings. The highest BCUT2D eigenvalue weighted by Crippen LogP contribution is 2.23. The number of amides is 1. The molecule has 0 N–H and O–H groups in total. The van der Waals surface area contributed by atoms with E-state index in [2.05, 4.69) is 22.0 Å². The maximum atomic E-state index is 13.9. The fourth-order valence-electron chi connectivity index (χ4n) is 4.12. The zero-order valence-electron chi connectivity index (χ0n) is 18.4. The Morgan fingerprint density at radius 3 is 2.35 bits per heavy atom. The van der Waals surface area contributed by atoms with Crippen LogP contribution in [0, 0.1) is 5.82 Å². The smallest absolute Gasteiger partial charge is 0.266 e. The van der Waals surface area contributed by atoms with Crippen molar-refractivity contribution in [3.8, 4) is 5.69 Å². The molecule has 0 saturated carbocycles. The van der Waals surface area contributed by atoms with Gasteiger partial charge in [-0.2, -0.15) is 0 Å². The normalized spacial score (nSPS) is 13.9. The Balaban J connectivity index is 1.35. The zero-order valence-corrected chi connectivity index (χ0v) is 19.2. The lowest BCUT2D eigenvalue weighted by atomic mass is 10.2. The van der Waals surface area contributed by atoms with Crippen molar-refractivity contribution in [3.05, 3.63) is 95.0 Å². The van der Waals surface area contributed by atoms with E-state index in [1.54, 1.807) is 30.3 Å². The third kappa shape index (κ3) is 4.54. The lowest BCUT2D eigenvalue weighted by Gasteiger charge is -2.36. The number of halogens is 1. The number of aromatic nitrogens is 2. The summed E-state index contributed by atoms with van der Waals surface area (Å²) in [5.41, 5.74) is 1.80. The maximum absolute atomic E-state index is 13.9. The predicted octanol–water partition coefficient (Wildman–Crippen LogP) is 3.97. The number of hydrogen-bond acceptors (Lipinski definition) is 5. The third-order valence-corrected chi connectivity index (χ3v) is 6.81. The van der Waals surface area contributed by atoms with Gasteiger partial charge in [0.05, 0.1) is 22.3 Å². The SMILES string of the molecule is O=C(CSc1nc2ccccc2c(=O)n1-c1cccc(F)c1)N1CCN(c2ccccc2)CC1. The second-order valence-corrected chi connectivity index (χ2v) is 8.97. The van der Waals surface area contributed by atoms with Crippen molar-refractivity contribution in [2.75, 3.05) is 36.8 Å². The van der Waals surface area contributed by atoms with Crippen molar-refractivity contribution in [1.82, 2.24) is 14.5 Å². The minimum atomic E-state index is -0.444. The number of hydrogen-bond donors (Lipinski definition) is 0. The van der Waals surface area contributed by atoms with Gasteiger partial charge < -0.3 is 9.80 Å². The van der Waals surface area contributed by atoms with Gasteiger partial charge >= 0.3 is 0 Å². The molecule has 3 aromatic carbocycles. The Morgan fingerprint density at radius 1 is 0.882 bits per heavy atom. The van der Waals surface area contributed by atoms with E-state index >= 15 is 0 Å². The van der Waals surface area contributed by atoms with Crippen LogP contribution in [0.15, 0.2) is 88.8 Å². The first-order valence-electron chi connectivity index (χ1n) is 11.1. The van der Waals surface area contributed by atoms with E-state index in [0.29, 0.717) is 34.8 Å². The highest BCUT2D eigenvalue weighted by atomic mass is 32.2. The molecule has 1 aromatic heterocycles. The highest BCUT2D eigenvalue weighted by Gasteiger charge is 2.22. The molecule has 2 heterocycles. The molecule has 4 aromatic rings. The van der Waals surface area contributed by atoms with Crippen LogP contribution < -0.4 is 10.5 Å². The Morgan fingerprint density at radius 2 is 1.59 bits per heavy atom. The van der Waals surface area contributed by atoms with Crippen molar-refractivity contribution in [2.45, 2.75) is 5.16 Å². The number of benzene rings is 3. The zero-order chi connectivity index (χ0) is 23.5. The molecule has 8 heteroatoms. The summed E-state index contributed by atoms with van der Waals surface area (Å²) in [6, 6.07) is 23.1. The van der Waals surface area contributed by atoms with Gasteiger partial charge in [-0.1, -0.05) is 48.2 Å². The van der Waals surface area contributed by atoms with Gasteiger partial charge in [0.1, 0.15) is 5.82 Å². The summed E-state index contributed by atoms with van der Waals surface area (Å²) in [6.07, 6.45) is 0.